The lowest BCUT2D eigenvalue weighted by atomic mass is 10.2. The Labute approximate surface area is 118 Å². The lowest BCUT2D eigenvalue weighted by Crippen LogP contribution is -2.05. The van der Waals surface area contributed by atoms with Crippen LogP contribution in [0.15, 0.2) is 30.6 Å². The van der Waals surface area contributed by atoms with E-state index in [1.807, 2.05) is 24.0 Å². The Balaban J connectivity index is 2.04. The Morgan fingerprint density at radius 1 is 1.35 bits per heavy atom. The molecule has 0 amide bonds. The molecule has 0 aromatic carbocycles. The molecule has 0 aliphatic carbocycles. The van der Waals surface area contributed by atoms with Gasteiger partial charge in [-0.1, -0.05) is 6.92 Å². The van der Waals surface area contributed by atoms with E-state index in [0.29, 0.717) is 6.54 Å². The van der Waals surface area contributed by atoms with E-state index in [-0.39, 0.29) is 0 Å². The van der Waals surface area contributed by atoms with Gasteiger partial charge in [0.25, 0.3) is 0 Å². The third-order valence-electron chi connectivity index (χ3n) is 3.66. The van der Waals surface area contributed by atoms with Gasteiger partial charge in [0.15, 0.2) is 0 Å². The highest BCUT2D eigenvalue weighted by molar-refractivity contribution is 5.80. The minimum absolute atomic E-state index is 0.529. The standard InChI is InChI=1S/C15H19N5/c1-3-12-7-13(19(2)18-12)10-20-9-11(8-16)14-5-4-6-17-15(14)20/h4-7,9H,3,8,10,16H2,1-2H3. The molecule has 0 radical (unpaired) electrons. The van der Waals surface area contributed by atoms with E-state index in [4.69, 9.17) is 5.73 Å². The zero-order valence-corrected chi connectivity index (χ0v) is 11.9. The summed E-state index contributed by atoms with van der Waals surface area (Å²) in [7, 11) is 1.98. The van der Waals surface area contributed by atoms with Crippen molar-refractivity contribution in [2.75, 3.05) is 0 Å². The fraction of sp³-hybridized carbons (Fsp3) is 0.333. The fourth-order valence-electron chi connectivity index (χ4n) is 2.55. The maximum absolute atomic E-state index is 5.82. The number of pyridine rings is 1. The average Bonchev–Trinajstić information content (AvgIpc) is 3.01. The van der Waals surface area contributed by atoms with Crippen LogP contribution in [0.25, 0.3) is 11.0 Å². The van der Waals surface area contributed by atoms with Crippen LogP contribution < -0.4 is 5.73 Å². The van der Waals surface area contributed by atoms with Gasteiger partial charge in [0.05, 0.1) is 17.9 Å². The molecular formula is C15H19N5. The van der Waals surface area contributed by atoms with Gasteiger partial charge in [-0.3, -0.25) is 4.68 Å². The molecule has 3 rings (SSSR count). The molecule has 3 heterocycles. The van der Waals surface area contributed by atoms with Crippen LogP contribution >= 0.6 is 0 Å². The highest BCUT2D eigenvalue weighted by Crippen LogP contribution is 2.20. The number of aromatic nitrogens is 4. The van der Waals surface area contributed by atoms with Gasteiger partial charge in [-0.05, 0) is 30.2 Å². The minimum Gasteiger partial charge on any atom is -0.326 e. The maximum atomic E-state index is 5.82. The van der Waals surface area contributed by atoms with Gasteiger partial charge in [-0.15, -0.1) is 0 Å². The van der Waals surface area contributed by atoms with Gasteiger partial charge in [-0.25, -0.2) is 4.98 Å². The molecule has 0 saturated heterocycles. The summed E-state index contributed by atoms with van der Waals surface area (Å²) in [6, 6.07) is 6.17. The molecule has 0 bridgehead atoms. The average molecular weight is 269 g/mol. The van der Waals surface area contributed by atoms with Crippen LogP contribution in [-0.2, 0) is 26.6 Å². The van der Waals surface area contributed by atoms with Crippen LogP contribution in [0.5, 0.6) is 0 Å². The number of fused-ring (bicyclic) bond motifs is 1. The topological polar surface area (TPSA) is 61.7 Å². The molecular weight excluding hydrogens is 250 g/mol. The molecule has 0 aliphatic rings. The summed E-state index contributed by atoms with van der Waals surface area (Å²) < 4.78 is 4.09. The molecule has 3 aromatic heterocycles. The van der Waals surface area contributed by atoms with Gasteiger partial charge in [0.1, 0.15) is 5.65 Å². The second-order valence-electron chi connectivity index (χ2n) is 4.97. The molecule has 0 saturated carbocycles. The minimum atomic E-state index is 0.529. The zero-order valence-electron chi connectivity index (χ0n) is 11.9. The Morgan fingerprint density at radius 2 is 2.20 bits per heavy atom. The third kappa shape index (κ3) is 2.10. The smallest absolute Gasteiger partial charge is 0.140 e. The molecule has 0 fully saturated rings. The van der Waals surface area contributed by atoms with Crippen molar-refractivity contribution < 1.29 is 0 Å². The Morgan fingerprint density at radius 3 is 2.90 bits per heavy atom. The first-order chi connectivity index (χ1) is 9.72. The zero-order chi connectivity index (χ0) is 14.1. The predicted octanol–water partition coefficient (Wildman–Crippen LogP) is 1.84. The van der Waals surface area contributed by atoms with Crippen molar-refractivity contribution in [3.05, 3.63) is 47.5 Å². The van der Waals surface area contributed by atoms with E-state index in [1.54, 1.807) is 0 Å². The second-order valence-corrected chi connectivity index (χ2v) is 4.97. The van der Waals surface area contributed by atoms with Crippen LogP contribution in [0.4, 0.5) is 0 Å². The Kier molecular flexibility index (Phi) is 3.28. The molecule has 3 aromatic rings. The van der Waals surface area contributed by atoms with E-state index in [2.05, 4.69) is 39.9 Å². The number of rotatable bonds is 4. The lowest BCUT2D eigenvalue weighted by molar-refractivity contribution is 0.667. The molecule has 0 unspecified atom stereocenters. The lowest BCUT2D eigenvalue weighted by Gasteiger charge is -2.04. The number of nitrogens with zero attached hydrogens (tertiary/aromatic N) is 4. The van der Waals surface area contributed by atoms with Gasteiger partial charge in [-0.2, -0.15) is 5.10 Å². The normalized spacial score (nSPS) is 11.3. The summed E-state index contributed by atoms with van der Waals surface area (Å²) in [4.78, 5) is 4.48. The first-order valence-corrected chi connectivity index (χ1v) is 6.87. The van der Waals surface area contributed by atoms with Crippen molar-refractivity contribution in [2.45, 2.75) is 26.4 Å². The number of hydrogen-bond donors (Lipinski definition) is 1. The van der Waals surface area contributed by atoms with E-state index in [0.717, 1.165) is 35.3 Å². The van der Waals surface area contributed by atoms with Gasteiger partial charge >= 0.3 is 0 Å². The largest absolute Gasteiger partial charge is 0.326 e. The van der Waals surface area contributed by atoms with Crippen molar-refractivity contribution >= 4 is 11.0 Å². The van der Waals surface area contributed by atoms with Crippen LogP contribution in [0, 0.1) is 0 Å². The molecule has 0 atom stereocenters. The van der Waals surface area contributed by atoms with Gasteiger partial charge in [0.2, 0.25) is 0 Å². The van der Waals surface area contributed by atoms with Crippen molar-refractivity contribution in [3.8, 4) is 0 Å². The molecule has 0 aliphatic heterocycles. The Hall–Kier alpha value is -2.14. The molecule has 20 heavy (non-hydrogen) atoms. The number of hydrogen-bond acceptors (Lipinski definition) is 3. The first kappa shape index (κ1) is 12.9. The molecule has 2 N–H and O–H groups in total. The highest BCUT2D eigenvalue weighted by Gasteiger charge is 2.10. The fourth-order valence-corrected chi connectivity index (χ4v) is 2.55. The van der Waals surface area contributed by atoms with Gasteiger partial charge in [0, 0.05) is 31.4 Å². The third-order valence-corrected chi connectivity index (χ3v) is 3.66. The Bertz CT molecular complexity index is 738. The number of nitrogens with two attached hydrogens (primary N) is 1. The quantitative estimate of drug-likeness (QED) is 0.786. The highest BCUT2D eigenvalue weighted by atomic mass is 15.3. The van der Waals surface area contributed by atoms with Crippen molar-refractivity contribution in [1.82, 2.24) is 19.3 Å². The van der Waals surface area contributed by atoms with Crippen LogP contribution in [-0.4, -0.2) is 19.3 Å². The van der Waals surface area contributed by atoms with E-state index in [9.17, 15) is 0 Å². The molecule has 104 valence electrons. The van der Waals surface area contributed by atoms with E-state index >= 15 is 0 Å². The van der Waals surface area contributed by atoms with Crippen LogP contribution in [0.3, 0.4) is 0 Å². The van der Waals surface area contributed by atoms with Crippen molar-refractivity contribution in [2.24, 2.45) is 12.8 Å². The second kappa shape index (κ2) is 5.09. The van der Waals surface area contributed by atoms with Crippen molar-refractivity contribution in [3.63, 3.8) is 0 Å². The maximum Gasteiger partial charge on any atom is 0.140 e. The van der Waals surface area contributed by atoms with E-state index < -0.39 is 0 Å². The van der Waals surface area contributed by atoms with Crippen LogP contribution in [0.2, 0.25) is 0 Å². The molecule has 5 nitrogen and oxygen atoms in total. The summed E-state index contributed by atoms with van der Waals surface area (Å²) >= 11 is 0. The summed E-state index contributed by atoms with van der Waals surface area (Å²) in [5.41, 5.74) is 10.2. The monoisotopic (exact) mass is 269 g/mol. The summed E-state index contributed by atoms with van der Waals surface area (Å²) in [6.45, 7) is 3.41. The summed E-state index contributed by atoms with van der Waals surface area (Å²) in [5, 5.41) is 5.62. The molecule has 5 heteroatoms. The SMILES string of the molecule is CCc1cc(Cn2cc(CN)c3cccnc32)n(C)n1. The molecule has 0 spiro atoms. The van der Waals surface area contributed by atoms with Gasteiger partial charge < -0.3 is 10.3 Å². The summed E-state index contributed by atoms with van der Waals surface area (Å²) in [6.07, 6.45) is 4.86. The first-order valence-electron chi connectivity index (χ1n) is 6.87. The predicted molar refractivity (Wildman–Crippen MR) is 79.3 cm³/mol. The summed E-state index contributed by atoms with van der Waals surface area (Å²) in [5.74, 6) is 0. The van der Waals surface area contributed by atoms with E-state index in [1.165, 1.54) is 5.69 Å². The number of aryl methyl sites for hydroxylation is 2. The van der Waals surface area contributed by atoms with Crippen LogP contribution in [0.1, 0.15) is 23.9 Å². The van der Waals surface area contributed by atoms with Crippen molar-refractivity contribution in [1.29, 1.82) is 0 Å².